The van der Waals surface area contributed by atoms with Gasteiger partial charge in [0.2, 0.25) is 0 Å². The van der Waals surface area contributed by atoms with Crippen molar-refractivity contribution < 1.29 is 29.4 Å². The average molecular weight is 374 g/mol. The first-order valence-electron chi connectivity index (χ1n) is 7.83. The van der Waals surface area contributed by atoms with E-state index in [1.165, 1.54) is 11.0 Å². The van der Waals surface area contributed by atoms with E-state index in [9.17, 15) is 24.6 Å². The normalized spacial score (nSPS) is 21.0. The third kappa shape index (κ3) is 2.52. The van der Waals surface area contributed by atoms with Crippen LogP contribution >= 0.6 is 11.3 Å². The fourth-order valence-electron chi connectivity index (χ4n) is 3.29. The quantitative estimate of drug-likeness (QED) is 0.833. The molecule has 1 aromatic heterocycles. The summed E-state index contributed by atoms with van der Waals surface area (Å²) >= 11 is 0.889. The number of amides is 2. The van der Waals surface area contributed by atoms with Crippen molar-refractivity contribution in [2.24, 2.45) is 0 Å². The van der Waals surface area contributed by atoms with Crippen molar-refractivity contribution in [3.8, 4) is 0 Å². The molecule has 4 rings (SSSR count). The van der Waals surface area contributed by atoms with Crippen molar-refractivity contribution in [2.45, 2.75) is 18.7 Å². The fourth-order valence-corrected chi connectivity index (χ4v) is 4.45. The second-order valence-corrected chi connectivity index (χ2v) is 7.10. The first-order valence-corrected chi connectivity index (χ1v) is 8.65. The summed E-state index contributed by atoms with van der Waals surface area (Å²) in [6.07, 6.45) is 0. The third-order valence-electron chi connectivity index (χ3n) is 4.45. The number of hydrogen-bond donors (Lipinski definition) is 2. The number of hydrogen-bond acceptors (Lipinski definition) is 5. The van der Waals surface area contributed by atoms with Crippen molar-refractivity contribution in [1.82, 2.24) is 9.96 Å². The monoisotopic (exact) mass is 374 g/mol. The molecule has 0 spiro atoms. The number of rotatable bonds is 5. The van der Waals surface area contributed by atoms with Crippen LogP contribution in [0.15, 0.2) is 36.4 Å². The highest BCUT2D eigenvalue weighted by Gasteiger charge is 2.52. The first kappa shape index (κ1) is 16.6. The highest BCUT2D eigenvalue weighted by molar-refractivity contribution is 7.14. The standard InChI is InChI=1S/C17H14N2O6S/c20-15(21)12-6-10-11-7-18(13(16(22)23)14(10)26-12)17(24)19(11)25-8-9-4-2-1-3-5-9/h1-6,11,13H,7-8H2,(H,20,21)(H,22,23)/t11-,13?/m1/s1. The Bertz CT molecular complexity index is 896. The van der Waals surface area contributed by atoms with Gasteiger partial charge in [-0.05, 0) is 17.2 Å². The van der Waals surface area contributed by atoms with Crippen molar-refractivity contribution in [3.63, 3.8) is 0 Å². The Balaban J connectivity index is 1.68. The van der Waals surface area contributed by atoms with Crippen LogP contribution in [0.1, 0.15) is 37.8 Å². The van der Waals surface area contributed by atoms with E-state index in [1.54, 1.807) is 0 Å². The lowest BCUT2D eigenvalue weighted by molar-refractivity contribution is -0.143. The van der Waals surface area contributed by atoms with Crippen molar-refractivity contribution in [2.75, 3.05) is 6.54 Å². The largest absolute Gasteiger partial charge is 0.479 e. The Kier molecular flexibility index (Phi) is 3.89. The molecule has 1 aromatic carbocycles. The predicted octanol–water partition coefficient (Wildman–Crippen LogP) is 2.50. The molecule has 134 valence electrons. The molecule has 2 aliphatic rings. The number of urea groups is 1. The Morgan fingerprint density at radius 2 is 1.96 bits per heavy atom. The molecule has 2 N–H and O–H groups in total. The highest BCUT2D eigenvalue weighted by atomic mass is 32.1. The van der Waals surface area contributed by atoms with Crippen LogP contribution in [-0.2, 0) is 16.2 Å². The maximum atomic E-state index is 12.7. The molecule has 2 aliphatic heterocycles. The Labute approximate surface area is 151 Å². The zero-order valence-electron chi connectivity index (χ0n) is 13.4. The van der Waals surface area contributed by atoms with Crippen LogP contribution in [0.25, 0.3) is 0 Å². The molecule has 9 heteroatoms. The smallest absolute Gasteiger partial charge is 0.345 e. The molecule has 2 aromatic rings. The molecule has 26 heavy (non-hydrogen) atoms. The third-order valence-corrected chi connectivity index (χ3v) is 5.65. The maximum absolute atomic E-state index is 12.7. The van der Waals surface area contributed by atoms with E-state index in [0.29, 0.717) is 10.4 Å². The van der Waals surface area contributed by atoms with E-state index in [1.807, 2.05) is 30.3 Å². The summed E-state index contributed by atoms with van der Waals surface area (Å²) in [5.74, 6) is -2.32. The molecule has 0 saturated carbocycles. The van der Waals surface area contributed by atoms with Gasteiger partial charge < -0.3 is 15.1 Å². The minimum Gasteiger partial charge on any atom is -0.479 e. The van der Waals surface area contributed by atoms with Crippen LogP contribution in [0.2, 0.25) is 0 Å². The summed E-state index contributed by atoms with van der Waals surface area (Å²) in [4.78, 5) is 43.0. The number of thiophene rings is 1. The summed E-state index contributed by atoms with van der Waals surface area (Å²) in [5.41, 5.74) is 1.39. The Hall–Kier alpha value is -2.91. The lowest BCUT2D eigenvalue weighted by Crippen LogP contribution is -2.37. The van der Waals surface area contributed by atoms with Gasteiger partial charge in [-0.25, -0.2) is 14.4 Å². The van der Waals surface area contributed by atoms with Crippen LogP contribution in [0.3, 0.4) is 0 Å². The minimum atomic E-state index is -1.20. The molecule has 0 radical (unpaired) electrons. The van der Waals surface area contributed by atoms with E-state index in [0.717, 1.165) is 22.0 Å². The topological polar surface area (TPSA) is 107 Å². The van der Waals surface area contributed by atoms with Gasteiger partial charge >= 0.3 is 18.0 Å². The molecule has 2 amide bonds. The number of carbonyl (C=O) groups excluding carboxylic acids is 1. The molecule has 1 fully saturated rings. The van der Waals surface area contributed by atoms with Gasteiger partial charge in [-0.2, -0.15) is 5.06 Å². The first-order chi connectivity index (χ1) is 12.5. The van der Waals surface area contributed by atoms with E-state index in [4.69, 9.17) is 4.84 Å². The molecule has 3 heterocycles. The van der Waals surface area contributed by atoms with Crippen LogP contribution < -0.4 is 0 Å². The summed E-state index contributed by atoms with van der Waals surface area (Å²) < 4.78 is 0. The van der Waals surface area contributed by atoms with Gasteiger partial charge in [0.15, 0.2) is 6.04 Å². The number of carboxylic acids is 2. The average Bonchev–Trinajstić information content (AvgIpc) is 3.17. The number of aliphatic carboxylic acids is 1. The second kappa shape index (κ2) is 6.11. The number of nitrogens with zero attached hydrogens (tertiary/aromatic N) is 2. The summed E-state index contributed by atoms with van der Waals surface area (Å²) in [6.45, 7) is 0.299. The molecule has 1 unspecified atom stereocenters. The Morgan fingerprint density at radius 1 is 1.23 bits per heavy atom. The second-order valence-electron chi connectivity index (χ2n) is 6.01. The van der Waals surface area contributed by atoms with Crippen LogP contribution in [0.4, 0.5) is 4.79 Å². The molecule has 8 nitrogen and oxygen atoms in total. The number of aromatic carboxylic acids is 1. The molecular formula is C17H14N2O6S. The molecular weight excluding hydrogens is 360 g/mol. The van der Waals surface area contributed by atoms with E-state index >= 15 is 0 Å². The molecule has 1 saturated heterocycles. The Morgan fingerprint density at radius 3 is 2.62 bits per heavy atom. The van der Waals surface area contributed by atoms with Crippen LogP contribution in [0.5, 0.6) is 0 Å². The van der Waals surface area contributed by atoms with Gasteiger partial charge in [0.1, 0.15) is 17.5 Å². The van der Waals surface area contributed by atoms with Gasteiger partial charge in [-0.1, -0.05) is 30.3 Å². The highest BCUT2D eigenvalue weighted by Crippen LogP contribution is 2.47. The molecule has 2 bridgehead atoms. The van der Waals surface area contributed by atoms with Crippen molar-refractivity contribution >= 4 is 29.3 Å². The van der Waals surface area contributed by atoms with Gasteiger partial charge in [0, 0.05) is 4.88 Å². The van der Waals surface area contributed by atoms with Crippen molar-refractivity contribution in [1.29, 1.82) is 0 Å². The minimum absolute atomic E-state index is 0.0467. The number of benzene rings is 1. The predicted molar refractivity (Wildman–Crippen MR) is 89.6 cm³/mol. The molecule has 2 atom stereocenters. The zero-order valence-corrected chi connectivity index (χ0v) is 14.2. The number of hydroxylamine groups is 2. The van der Waals surface area contributed by atoms with Crippen LogP contribution in [-0.4, -0.2) is 44.7 Å². The summed E-state index contributed by atoms with van der Waals surface area (Å²) in [6, 6.07) is 8.46. The van der Waals surface area contributed by atoms with Gasteiger partial charge in [-0.3, -0.25) is 4.84 Å². The van der Waals surface area contributed by atoms with E-state index < -0.39 is 30.1 Å². The molecule has 0 aliphatic carbocycles. The van der Waals surface area contributed by atoms with Gasteiger partial charge in [0.05, 0.1) is 6.54 Å². The van der Waals surface area contributed by atoms with Gasteiger partial charge in [0.25, 0.3) is 0 Å². The fraction of sp³-hybridized carbons (Fsp3) is 0.235. The SMILES string of the molecule is O=C(O)c1cc2c(s1)C(C(=O)O)N1C[C@H]2N(OCc2ccccc2)C1=O. The van der Waals surface area contributed by atoms with Crippen molar-refractivity contribution in [3.05, 3.63) is 57.3 Å². The lowest BCUT2D eigenvalue weighted by atomic mass is 9.99. The lowest BCUT2D eigenvalue weighted by Gasteiger charge is -2.27. The zero-order chi connectivity index (χ0) is 18.4. The summed E-state index contributed by atoms with van der Waals surface area (Å²) in [5, 5.41) is 20.0. The van der Waals surface area contributed by atoms with Crippen LogP contribution in [0, 0.1) is 0 Å². The number of carbonyl (C=O) groups is 3. The maximum Gasteiger partial charge on any atom is 0.345 e. The number of fused-ring (bicyclic) bond motifs is 4. The summed E-state index contributed by atoms with van der Waals surface area (Å²) in [7, 11) is 0. The van der Waals surface area contributed by atoms with E-state index in [2.05, 4.69) is 0 Å². The van der Waals surface area contributed by atoms with E-state index in [-0.39, 0.29) is 18.0 Å². The number of carboxylic acid groups (broad SMARTS) is 2. The van der Waals surface area contributed by atoms with Gasteiger partial charge in [-0.15, -0.1) is 11.3 Å².